The molecule has 1 aliphatic carbocycles. The van der Waals surface area contributed by atoms with Crippen LogP contribution in [0.3, 0.4) is 0 Å². The maximum absolute atomic E-state index is 13.4. The molecule has 0 aromatic heterocycles. The first-order chi connectivity index (χ1) is 17.0. The van der Waals surface area contributed by atoms with Gasteiger partial charge < -0.3 is 30.0 Å². The molecule has 2 N–H and O–H groups in total. The van der Waals surface area contributed by atoms with Crippen LogP contribution < -0.4 is 5.32 Å². The number of anilines is 1. The Balaban J connectivity index is 1.39. The second kappa shape index (κ2) is 10.7. The van der Waals surface area contributed by atoms with Crippen molar-refractivity contribution in [2.75, 3.05) is 52.1 Å². The summed E-state index contributed by atoms with van der Waals surface area (Å²) in [5.41, 5.74) is 0.600. The molecule has 3 unspecified atom stereocenters. The number of hydrogen-bond acceptors (Lipinski definition) is 5. The molecule has 0 bridgehead atoms. The molecule has 4 amide bonds. The van der Waals surface area contributed by atoms with Crippen LogP contribution in [0.5, 0.6) is 0 Å². The lowest BCUT2D eigenvalue weighted by molar-refractivity contribution is -0.150. The van der Waals surface area contributed by atoms with Crippen LogP contribution in [0, 0.1) is 5.41 Å². The third kappa shape index (κ3) is 5.59. The van der Waals surface area contributed by atoms with Crippen LogP contribution in [0.2, 0.25) is 10.0 Å². The molecule has 1 spiro atoms. The van der Waals surface area contributed by atoms with Crippen molar-refractivity contribution < 1.29 is 19.5 Å². The third-order valence-corrected chi connectivity index (χ3v) is 8.64. The van der Waals surface area contributed by atoms with Crippen molar-refractivity contribution in [1.29, 1.82) is 0 Å². The molecule has 1 saturated carbocycles. The Labute approximate surface area is 222 Å². The molecular formula is C25H35Cl2N5O4. The van der Waals surface area contributed by atoms with Crippen LogP contribution >= 0.6 is 23.2 Å². The number of nitrogens with zero attached hydrogens (tertiary/aromatic N) is 4. The Kier molecular flexibility index (Phi) is 8.04. The van der Waals surface area contributed by atoms with E-state index < -0.39 is 18.1 Å². The zero-order chi connectivity index (χ0) is 26.2. The second-order valence-corrected chi connectivity index (χ2v) is 11.2. The SMILES string of the molecule is CC1C(=O)N(C(CCN2CCC3(CC3)C(O)C2)C(=O)N(C)C)CCN1C(=O)Nc1ccc(Cl)c(Cl)c1. The van der Waals surface area contributed by atoms with Crippen molar-refractivity contribution in [3.63, 3.8) is 0 Å². The van der Waals surface area contributed by atoms with Gasteiger partial charge in [-0.1, -0.05) is 23.2 Å². The summed E-state index contributed by atoms with van der Waals surface area (Å²) in [6, 6.07) is 3.02. The Morgan fingerprint density at radius 1 is 1.17 bits per heavy atom. The summed E-state index contributed by atoms with van der Waals surface area (Å²) in [5.74, 6) is -0.401. The van der Waals surface area contributed by atoms with Crippen LogP contribution in [0.25, 0.3) is 0 Å². The van der Waals surface area contributed by atoms with Gasteiger partial charge in [0.25, 0.3) is 0 Å². The molecule has 11 heteroatoms. The fraction of sp³-hybridized carbons (Fsp3) is 0.640. The van der Waals surface area contributed by atoms with E-state index in [4.69, 9.17) is 23.2 Å². The normalized spacial score (nSPS) is 24.6. The topological polar surface area (TPSA) is 96.4 Å². The van der Waals surface area contributed by atoms with Gasteiger partial charge in [-0.05, 0) is 62.8 Å². The minimum absolute atomic E-state index is 0.120. The number of amides is 4. The maximum Gasteiger partial charge on any atom is 0.322 e. The number of piperidine rings is 1. The molecular weight excluding hydrogens is 505 g/mol. The average Bonchev–Trinajstić information content (AvgIpc) is 3.62. The summed E-state index contributed by atoms with van der Waals surface area (Å²) in [7, 11) is 3.37. The van der Waals surface area contributed by atoms with E-state index in [2.05, 4.69) is 10.2 Å². The van der Waals surface area contributed by atoms with Crippen molar-refractivity contribution >= 4 is 46.7 Å². The summed E-state index contributed by atoms with van der Waals surface area (Å²) in [6.07, 6.45) is 3.32. The number of aliphatic hydroxyl groups excluding tert-OH is 1. The molecule has 3 fully saturated rings. The second-order valence-electron chi connectivity index (χ2n) is 10.4. The molecule has 9 nitrogen and oxygen atoms in total. The Hall–Kier alpha value is -2.07. The first-order valence-electron chi connectivity index (χ1n) is 12.5. The number of piperazine rings is 1. The molecule has 3 atom stereocenters. The predicted octanol–water partition coefficient (Wildman–Crippen LogP) is 2.75. The van der Waals surface area contributed by atoms with Crippen molar-refractivity contribution in [3.05, 3.63) is 28.2 Å². The van der Waals surface area contributed by atoms with Gasteiger partial charge in [-0.3, -0.25) is 9.59 Å². The fourth-order valence-corrected chi connectivity index (χ4v) is 5.59. The van der Waals surface area contributed by atoms with Gasteiger partial charge in [-0.25, -0.2) is 4.79 Å². The van der Waals surface area contributed by atoms with Crippen LogP contribution in [0.15, 0.2) is 18.2 Å². The smallest absolute Gasteiger partial charge is 0.322 e. The monoisotopic (exact) mass is 539 g/mol. The number of benzene rings is 1. The molecule has 3 aliphatic rings. The number of halogens is 2. The molecule has 2 aliphatic heterocycles. The molecule has 198 valence electrons. The molecule has 36 heavy (non-hydrogen) atoms. The van der Waals surface area contributed by atoms with Gasteiger partial charge in [0, 0.05) is 46.0 Å². The lowest BCUT2D eigenvalue weighted by atomic mass is 9.90. The van der Waals surface area contributed by atoms with E-state index in [-0.39, 0.29) is 29.9 Å². The van der Waals surface area contributed by atoms with Crippen molar-refractivity contribution in [3.8, 4) is 0 Å². The average molecular weight is 540 g/mol. The number of likely N-dealkylation sites (N-methyl/N-ethyl adjacent to an activating group) is 1. The van der Waals surface area contributed by atoms with Gasteiger partial charge in [0.05, 0.1) is 16.1 Å². The van der Waals surface area contributed by atoms with E-state index in [9.17, 15) is 19.5 Å². The Morgan fingerprint density at radius 3 is 2.50 bits per heavy atom. The summed E-state index contributed by atoms with van der Waals surface area (Å²) >= 11 is 12.0. The van der Waals surface area contributed by atoms with Gasteiger partial charge in [0.15, 0.2) is 0 Å². The quantitative estimate of drug-likeness (QED) is 0.579. The van der Waals surface area contributed by atoms with E-state index in [1.807, 2.05) is 0 Å². The van der Waals surface area contributed by atoms with Crippen LogP contribution in [0.4, 0.5) is 10.5 Å². The van der Waals surface area contributed by atoms with E-state index >= 15 is 0 Å². The summed E-state index contributed by atoms with van der Waals surface area (Å²) in [5, 5.41) is 14.0. The van der Waals surface area contributed by atoms with Gasteiger partial charge in [-0.2, -0.15) is 0 Å². The van der Waals surface area contributed by atoms with E-state index in [0.717, 1.165) is 25.8 Å². The molecule has 2 heterocycles. The highest BCUT2D eigenvalue weighted by Crippen LogP contribution is 2.53. The Bertz CT molecular complexity index is 1020. The minimum atomic E-state index is -0.731. The van der Waals surface area contributed by atoms with Crippen LogP contribution in [-0.4, -0.2) is 108 Å². The van der Waals surface area contributed by atoms with E-state index in [1.54, 1.807) is 44.1 Å². The number of urea groups is 1. The zero-order valence-electron chi connectivity index (χ0n) is 21.0. The highest BCUT2D eigenvalue weighted by molar-refractivity contribution is 6.42. The minimum Gasteiger partial charge on any atom is -0.391 e. The van der Waals surface area contributed by atoms with Gasteiger partial charge in [0.2, 0.25) is 11.8 Å². The van der Waals surface area contributed by atoms with Gasteiger partial charge in [-0.15, -0.1) is 0 Å². The van der Waals surface area contributed by atoms with Crippen molar-refractivity contribution in [2.45, 2.75) is 50.8 Å². The van der Waals surface area contributed by atoms with Gasteiger partial charge in [0.1, 0.15) is 12.1 Å². The Morgan fingerprint density at radius 2 is 1.89 bits per heavy atom. The largest absolute Gasteiger partial charge is 0.391 e. The summed E-state index contributed by atoms with van der Waals surface area (Å²) in [6.45, 7) is 4.35. The number of hydrogen-bond donors (Lipinski definition) is 2. The van der Waals surface area contributed by atoms with Crippen LogP contribution in [-0.2, 0) is 9.59 Å². The van der Waals surface area contributed by atoms with E-state index in [1.165, 1.54) is 9.80 Å². The van der Waals surface area contributed by atoms with Gasteiger partial charge >= 0.3 is 6.03 Å². The first kappa shape index (κ1) is 27.0. The first-order valence-corrected chi connectivity index (χ1v) is 13.2. The number of aliphatic hydroxyl groups is 1. The number of likely N-dealkylation sites (tertiary alicyclic amines) is 1. The van der Waals surface area contributed by atoms with E-state index in [0.29, 0.717) is 41.8 Å². The molecule has 1 aromatic rings. The molecule has 0 radical (unpaired) electrons. The molecule has 2 saturated heterocycles. The number of β-amino-alcohol motifs (C(OH)–C–C–N with tert-alkyl or cyclic N) is 1. The number of carbonyl (C=O) groups excluding carboxylic acids is 3. The number of nitrogens with one attached hydrogen (secondary N) is 1. The maximum atomic E-state index is 13.4. The third-order valence-electron chi connectivity index (χ3n) is 7.90. The number of rotatable bonds is 6. The predicted molar refractivity (Wildman–Crippen MR) is 139 cm³/mol. The standard InChI is InChI=1S/C25H35Cl2N5O4/c1-16-22(34)32(13-12-31(16)24(36)28-17-4-5-18(26)19(27)14-17)20(23(35)29(2)3)6-10-30-11-9-25(7-8-25)21(33)15-30/h4-5,14,16,20-21,33H,6-13,15H2,1-3H3,(H,28,36). The van der Waals surface area contributed by atoms with Crippen LogP contribution in [0.1, 0.15) is 32.6 Å². The summed E-state index contributed by atoms with van der Waals surface area (Å²) in [4.78, 5) is 46.2. The zero-order valence-corrected chi connectivity index (χ0v) is 22.6. The highest BCUT2D eigenvalue weighted by atomic mass is 35.5. The van der Waals surface area contributed by atoms with Crippen molar-refractivity contribution in [1.82, 2.24) is 19.6 Å². The highest BCUT2D eigenvalue weighted by Gasteiger charge is 2.51. The molecule has 1 aromatic carbocycles. The molecule has 4 rings (SSSR count). The van der Waals surface area contributed by atoms with Crippen molar-refractivity contribution in [2.24, 2.45) is 5.41 Å². The summed E-state index contributed by atoms with van der Waals surface area (Å²) < 4.78 is 0. The lowest BCUT2D eigenvalue weighted by Crippen LogP contribution is -2.63. The lowest BCUT2D eigenvalue weighted by Gasteiger charge is -2.43. The fourth-order valence-electron chi connectivity index (χ4n) is 5.29. The number of carbonyl (C=O) groups is 3.